The molecular weight excluding hydrogens is 308 g/mol. The highest BCUT2D eigenvalue weighted by atomic mass is 15.2. The van der Waals surface area contributed by atoms with Crippen molar-refractivity contribution < 1.29 is 0 Å². The molecular formula is C21H24N4. The molecule has 0 amide bonds. The topological polar surface area (TPSA) is 44.8 Å². The molecule has 0 atom stereocenters. The lowest BCUT2D eigenvalue weighted by Gasteiger charge is -2.33. The number of pyridine rings is 1. The molecule has 1 aromatic carbocycles. The lowest BCUT2D eigenvalue weighted by molar-refractivity contribution is 0.493. The number of aromatic nitrogens is 3. The van der Waals surface area contributed by atoms with Crippen molar-refractivity contribution in [2.45, 2.75) is 32.6 Å². The Morgan fingerprint density at radius 2 is 1.88 bits per heavy atom. The van der Waals surface area contributed by atoms with E-state index in [1.54, 1.807) is 0 Å². The highest BCUT2D eigenvalue weighted by Crippen LogP contribution is 2.34. The summed E-state index contributed by atoms with van der Waals surface area (Å²) in [6.07, 6.45) is 5.95. The predicted octanol–water partition coefficient (Wildman–Crippen LogP) is 4.47. The number of rotatable bonds is 3. The summed E-state index contributed by atoms with van der Waals surface area (Å²) >= 11 is 0. The van der Waals surface area contributed by atoms with Crippen LogP contribution in [0.15, 0.2) is 48.9 Å². The van der Waals surface area contributed by atoms with Crippen LogP contribution >= 0.6 is 0 Å². The average Bonchev–Trinajstić information content (AvgIpc) is 3.08. The maximum absolute atomic E-state index is 4.72. The Morgan fingerprint density at radius 3 is 2.60 bits per heavy atom. The molecule has 3 heterocycles. The van der Waals surface area contributed by atoms with Crippen LogP contribution in [0.5, 0.6) is 0 Å². The third-order valence-electron chi connectivity index (χ3n) is 5.17. The van der Waals surface area contributed by atoms with Gasteiger partial charge in [0, 0.05) is 36.5 Å². The second-order valence-electron chi connectivity index (χ2n) is 6.92. The van der Waals surface area contributed by atoms with E-state index in [2.05, 4.69) is 59.0 Å². The summed E-state index contributed by atoms with van der Waals surface area (Å²) in [5, 5.41) is 0. The minimum absolute atomic E-state index is 0.550. The fourth-order valence-electron chi connectivity index (χ4n) is 3.83. The van der Waals surface area contributed by atoms with Crippen molar-refractivity contribution in [3.8, 4) is 11.1 Å². The van der Waals surface area contributed by atoms with Gasteiger partial charge in [-0.15, -0.1) is 0 Å². The van der Waals surface area contributed by atoms with Crippen molar-refractivity contribution in [1.29, 1.82) is 0 Å². The molecule has 4 heteroatoms. The summed E-state index contributed by atoms with van der Waals surface area (Å²) in [6, 6.07) is 12.9. The first-order valence-corrected chi connectivity index (χ1v) is 8.99. The van der Waals surface area contributed by atoms with Crippen molar-refractivity contribution in [2.24, 2.45) is 0 Å². The van der Waals surface area contributed by atoms with E-state index in [1.807, 2.05) is 18.6 Å². The quantitative estimate of drug-likeness (QED) is 0.769. The van der Waals surface area contributed by atoms with Gasteiger partial charge in [0.25, 0.3) is 0 Å². The van der Waals surface area contributed by atoms with Gasteiger partial charge in [-0.1, -0.05) is 29.8 Å². The van der Waals surface area contributed by atoms with Crippen LogP contribution in [0.3, 0.4) is 0 Å². The number of imidazole rings is 1. The molecule has 0 aliphatic carbocycles. The third-order valence-corrected chi connectivity index (χ3v) is 5.17. The molecule has 1 N–H and O–H groups in total. The second-order valence-corrected chi connectivity index (χ2v) is 6.92. The van der Waals surface area contributed by atoms with Crippen LogP contribution in [0.4, 0.5) is 5.82 Å². The van der Waals surface area contributed by atoms with E-state index in [0.717, 1.165) is 31.7 Å². The van der Waals surface area contributed by atoms with Crippen LogP contribution in [0, 0.1) is 13.8 Å². The SMILES string of the molecule is Cc1cccc(-c2cccnc2N2CCC(c3nc[nH]c3C)CC2)c1. The van der Waals surface area contributed by atoms with E-state index in [1.165, 1.54) is 28.1 Å². The molecule has 128 valence electrons. The van der Waals surface area contributed by atoms with Crippen molar-refractivity contribution >= 4 is 5.82 Å². The monoisotopic (exact) mass is 332 g/mol. The van der Waals surface area contributed by atoms with Gasteiger partial charge < -0.3 is 9.88 Å². The number of benzene rings is 1. The smallest absolute Gasteiger partial charge is 0.136 e. The lowest BCUT2D eigenvalue weighted by atomic mass is 9.92. The zero-order valence-corrected chi connectivity index (χ0v) is 14.9. The third kappa shape index (κ3) is 3.16. The van der Waals surface area contributed by atoms with Gasteiger partial charge in [-0.05, 0) is 44.4 Å². The van der Waals surface area contributed by atoms with Crippen LogP contribution < -0.4 is 4.90 Å². The molecule has 1 saturated heterocycles. The van der Waals surface area contributed by atoms with Crippen LogP contribution in [0.25, 0.3) is 11.1 Å². The van der Waals surface area contributed by atoms with E-state index in [0.29, 0.717) is 5.92 Å². The summed E-state index contributed by atoms with van der Waals surface area (Å²) in [7, 11) is 0. The minimum Gasteiger partial charge on any atom is -0.356 e. The highest BCUT2D eigenvalue weighted by Gasteiger charge is 2.25. The number of nitrogens with one attached hydrogen (secondary N) is 1. The largest absolute Gasteiger partial charge is 0.356 e. The Morgan fingerprint density at radius 1 is 1.04 bits per heavy atom. The zero-order chi connectivity index (χ0) is 17.2. The number of hydrogen-bond donors (Lipinski definition) is 1. The normalized spacial score (nSPS) is 15.5. The number of anilines is 1. The molecule has 0 saturated carbocycles. The van der Waals surface area contributed by atoms with Gasteiger partial charge in [-0.3, -0.25) is 0 Å². The Balaban J connectivity index is 1.57. The van der Waals surface area contributed by atoms with Gasteiger partial charge in [-0.25, -0.2) is 9.97 Å². The van der Waals surface area contributed by atoms with Crippen LogP contribution in [0.1, 0.15) is 35.7 Å². The maximum Gasteiger partial charge on any atom is 0.136 e. The van der Waals surface area contributed by atoms with Gasteiger partial charge in [0.15, 0.2) is 0 Å². The lowest BCUT2D eigenvalue weighted by Crippen LogP contribution is -2.34. The number of H-pyrrole nitrogens is 1. The Bertz CT molecular complexity index is 860. The number of hydrogen-bond acceptors (Lipinski definition) is 3. The highest BCUT2D eigenvalue weighted by molar-refractivity contribution is 5.76. The molecule has 4 rings (SSSR count). The van der Waals surface area contributed by atoms with Gasteiger partial charge in [-0.2, -0.15) is 0 Å². The number of nitrogens with zero attached hydrogens (tertiary/aromatic N) is 3. The molecule has 4 nitrogen and oxygen atoms in total. The van der Waals surface area contributed by atoms with Crippen molar-refractivity contribution in [1.82, 2.24) is 15.0 Å². The van der Waals surface area contributed by atoms with Crippen molar-refractivity contribution in [3.05, 3.63) is 65.9 Å². The first kappa shape index (κ1) is 15.9. The summed E-state index contributed by atoms with van der Waals surface area (Å²) in [5.41, 5.74) is 6.19. The fraction of sp³-hybridized carbons (Fsp3) is 0.333. The van der Waals surface area contributed by atoms with Crippen molar-refractivity contribution in [2.75, 3.05) is 18.0 Å². The molecule has 1 aliphatic heterocycles. The zero-order valence-electron chi connectivity index (χ0n) is 14.9. The average molecular weight is 332 g/mol. The number of piperidine rings is 1. The van der Waals surface area contributed by atoms with Gasteiger partial charge >= 0.3 is 0 Å². The molecule has 25 heavy (non-hydrogen) atoms. The maximum atomic E-state index is 4.72. The van der Waals surface area contributed by atoms with Gasteiger partial charge in [0.2, 0.25) is 0 Å². The van der Waals surface area contributed by atoms with E-state index in [4.69, 9.17) is 4.98 Å². The number of aryl methyl sites for hydroxylation is 2. The minimum atomic E-state index is 0.550. The Labute approximate surface area is 149 Å². The Hall–Kier alpha value is -2.62. The van der Waals surface area contributed by atoms with Gasteiger partial charge in [0.1, 0.15) is 5.82 Å². The molecule has 0 radical (unpaired) electrons. The molecule has 2 aromatic heterocycles. The number of aromatic amines is 1. The van der Waals surface area contributed by atoms with Gasteiger partial charge in [0.05, 0.1) is 12.0 Å². The first-order chi connectivity index (χ1) is 12.2. The molecule has 0 unspecified atom stereocenters. The van der Waals surface area contributed by atoms with E-state index >= 15 is 0 Å². The fourth-order valence-corrected chi connectivity index (χ4v) is 3.83. The van der Waals surface area contributed by atoms with E-state index in [9.17, 15) is 0 Å². The summed E-state index contributed by atoms with van der Waals surface area (Å²) in [5.74, 6) is 1.65. The first-order valence-electron chi connectivity index (χ1n) is 8.99. The molecule has 3 aromatic rings. The van der Waals surface area contributed by atoms with Crippen LogP contribution in [0.2, 0.25) is 0 Å². The second kappa shape index (κ2) is 6.71. The summed E-state index contributed by atoms with van der Waals surface area (Å²) < 4.78 is 0. The Kier molecular flexibility index (Phi) is 4.26. The van der Waals surface area contributed by atoms with E-state index < -0.39 is 0 Å². The van der Waals surface area contributed by atoms with E-state index in [-0.39, 0.29) is 0 Å². The molecule has 1 aliphatic rings. The molecule has 0 spiro atoms. The predicted molar refractivity (Wildman–Crippen MR) is 102 cm³/mol. The van der Waals surface area contributed by atoms with Crippen LogP contribution in [-0.2, 0) is 0 Å². The summed E-state index contributed by atoms with van der Waals surface area (Å²) in [6.45, 7) is 6.29. The van der Waals surface area contributed by atoms with Crippen LogP contribution in [-0.4, -0.2) is 28.0 Å². The standard InChI is InChI=1S/C21H24N4/c1-15-5-3-6-18(13-15)19-7-4-10-22-21(19)25-11-8-17(9-12-25)20-16(2)23-14-24-20/h3-7,10,13-14,17H,8-9,11-12H2,1-2H3,(H,23,24). The molecule has 0 bridgehead atoms. The van der Waals surface area contributed by atoms with Crippen molar-refractivity contribution in [3.63, 3.8) is 0 Å². The molecule has 1 fully saturated rings. The summed E-state index contributed by atoms with van der Waals surface area (Å²) in [4.78, 5) is 14.9.